The number of carboxylic acid groups (broad SMARTS) is 2. The molecule has 0 aliphatic heterocycles. The van der Waals surface area contributed by atoms with E-state index in [1.54, 1.807) is 62.4 Å². The van der Waals surface area contributed by atoms with Gasteiger partial charge in [0.05, 0.1) is 85.8 Å². The number of benzene rings is 4. The molecular weight excluding hydrogens is 1190 g/mol. The summed E-state index contributed by atoms with van der Waals surface area (Å²) in [6.07, 6.45) is -0.0430. The Kier molecular flexibility index (Phi) is 22.5. The number of carbonyl (C=O) groups is 8. The van der Waals surface area contributed by atoms with Crippen LogP contribution in [-0.4, -0.2) is 126 Å². The first-order chi connectivity index (χ1) is 41.1. The van der Waals surface area contributed by atoms with Crippen LogP contribution in [0.25, 0.3) is 40.3 Å². The number of rotatable bonds is 30. The number of hydrogen-bond donors (Lipinski definition) is 2. The summed E-state index contributed by atoms with van der Waals surface area (Å²) in [5.74, 6) is -2.32. The topological polar surface area (TPSA) is 269 Å². The summed E-state index contributed by atoms with van der Waals surface area (Å²) in [6.45, 7) is 7.03. The zero-order valence-electron chi connectivity index (χ0n) is 48.8. The number of carbonyl (C=O) groups excluding carboxylic acids is 6. The maximum absolute atomic E-state index is 12.8. The first kappa shape index (κ1) is 65.2. The maximum atomic E-state index is 12.8. The number of methoxy groups -OCH3 is 6. The lowest BCUT2D eigenvalue weighted by Gasteiger charge is -2.13. The number of carboxylic acids is 2. The number of thiophene rings is 4. The van der Waals surface area contributed by atoms with Gasteiger partial charge in [0, 0.05) is 68.7 Å². The van der Waals surface area contributed by atoms with E-state index in [2.05, 4.69) is 0 Å². The van der Waals surface area contributed by atoms with Crippen molar-refractivity contribution in [3.63, 3.8) is 0 Å². The van der Waals surface area contributed by atoms with Gasteiger partial charge in [0.2, 0.25) is 0 Å². The van der Waals surface area contributed by atoms with Gasteiger partial charge in [-0.15, -0.1) is 45.3 Å². The van der Waals surface area contributed by atoms with E-state index in [0.717, 1.165) is 40.3 Å². The molecule has 4 atom stereocenters. The molecule has 0 spiro atoms. The van der Waals surface area contributed by atoms with Crippen LogP contribution in [0.5, 0.6) is 46.0 Å². The van der Waals surface area contributed by atoms with Gasteiger partial charge >= 0.3 is 23.9 Å². The predicted octanol–water partition coefficient (Wildman–Crippen LogP) is 12.5. The van der Waals surface area contributed by atoms with Gasteiger partial charge in [0.15, 0.2) is 69.1 Å². The van der Waals surface area contributed by atoms with Crippen molar-refractivity contribution in [2.45, 2.75) is 53.4 Å². The fraction of sp³-hybridized carbons (Fsp3) is 0.355. The molecule has 456 valence electrons. The van der Waals surface area contributed by atoms with Crippen molar-refractivity contribution in [1.82, 2.24) is 0 Å². The van der Waals surface area contributed by atoms with Crippen LogP contribution in [0.2, 0.25) is 0 Å². The number of hydrogen-bond acceptors (Lipinski definition) is 22. The van der Waals surface area contributed by atoms with Crippen LogP contribution in [-0.2, 0) is 28.7 Å². The molecule has 0 unspecified atom stereocenters. The van der Waals surface area contributed by atoms with Gasteiger partial charge in [-0.05, 0) is 70.1 Å². The van der Waals surface area contributed by atoms with Crippen molar-refractivity contribution in [1.29, 1.82) is 0 Å². The van der Waals surface area contributed by atoms with Crippen LogP contribution in [0.3, 0.4) is 0 Å². The second kappa shape index (κ2) is 29.7. The summed E-state index contributed by atoms with van der Waals surface area (Å²) in [5.41, 5.74) is 0. The fourth-order valence-corrected chi connectivity index (χ4v) is 12.8. The van der Waals surface area contributed by atoms with E-state index >= 15 is 0 Å². The largest absolute Gasteiger partial charge is 0.493 e. The Balaban J connectivity index is 0.000000246. The molecule has 0 saturated heterocycles. The lowest BCUT2D eigenvalue weighted by molar-refractivity contribution is -0.145. The Morgan fingerprint density at radius 2 is 0.558 bits per heavy atom. The SMILES string of the molecule is COC(=O)[C@@H](C)CC(=O)c1cc2cc(OCCOc3cc4cc(C(=O)C[C@H](C)C(=O)OC)sc4cc3OC)c(OC)cc2s1.COc1cc2sc(C(=O)C[C@H](C)C(=O)O)cc2cc1OCCOc1cc2cc(C(=O)C[C@H](C)C(=O)O)sc2cc1OC. The van der Waals surface area contributed by atoms with Crippen molar-refractivity contribution >= 4 is 133 Å². The van der Waals surface area contributed by atoms with E-state index in [9.17, 15) is 38.4 Å². The third kappa shape index (κ3) is 16.1. The first-order valence-corrected chi connectivity index (χ1v) is 30.1. The van der Waals surface area contributed by atoms with Gasteiger partial charge in [0.1, 0.15) is 26.4 Å². The highest BCUT2D eigenvalue weighted by Crippen LogP contribution is 2.42. The lowest BCUT2D eigenvalue weighted by atomic mass is 10.0. The van der Waals surface area contributed by atoms with Gasteiger partial charge in [-0.25, -0.2) is 0 Å². The van der Waals surface area contributed by atoms with Crippen molar-refractivity contribution in [2.24, 2.45) is 23.7 Å². The van der Waals surface area contributed by atoms with E-state index in [4.69, 9.17) is 57.6 Å². The summed E-state index contributed by atoms with van der Waals surface area (Å²) < 4.78 is 58.6. The third-order valence-corrected chi connectivity index (χ3v) is 18.1. The summed E-state index contributed by atoms with van der Waals surface area (Å²) in [5, 5.41) is 21.4. The molecule has 0 saturated carbocycles. The minimum atomic E-state index is -1.01. The smallest absolute Gasteiger partial charge is 0.308 e. The highest BCUT2D eigenvalue weighted by atomic mass is 32.1. The van der Waals surface area contributed by atoms with Crippen LogP contribution < -0.4 is 37.9 Å². The normalized spacial score (nSPS) is 12.5. The summed E-state index contributed by atoms with van der Waals surface area (Å²) >= 11 is 5.20. The van der Waals surface area contributed by atoms with Crippen molar-refractivity contribution in [3.8, 4) is 46.0 Å². The average molecular weight is 1260 g/mol. The zero-order chi connectivity index (χ0) is 62.5. The molecule has 0 radical (unpaired) electrons. The number of fused-ring (bicyclic) bond motifs is 4. The fourth-order valence-electron chi connectivity index (χ4n) is 8.69. The molecule has 86 heavy (non-hydrogen) atoms. The average Bonchev–Trinajstić information content (AvgIpc) is 2.03. The molecule has 24 heteroatoms. The number of Topliss-reactive ketones (excluding diaryl/α,β-unsaturated/α-hetero) is 4. The molecule has 20 nitrogen and oxygen atoms in total. The van der Waals surface area contributed by atoms with E-state index in [-0.39, 0.29) is 75.2 Å². The van der Waals surface area contributed by atoms with Crippen LogP contribution in [0.4, 0.5) is 0 Å². The standard InChI is InChI=1S/C32H34O10S2.C30H30O10S2/c1-17(31(35)39-5)9-21(33)29-13-19-11-25(23(37-3)15-27(19)43-29)41-7-8-42-26-12-20-14-30(44-28(20)16-24(26)38-4)22(34)10-18(2)32(36)40-6;1-15(29(33)34)7-19(31)27-11-17-9-23(21(37-3)13-25(17)41-27)39-5-6-40-24-10-18-12-28(20(32)8-16(2)30(35)36)42-26(18)14-22(24)38-4/h11-18H,7-10H2,1-6H3;9-16H,5-8H2,1-4H3,(H,33,34)(H,35,36)/t17-,18-;15-,16-/m00/s1. The maximum Gasteiger partial charge on any atom is 0.308 e. The van der Waals surface area contributed by atoms with Crippen LogP contribution in [0, 0.1) is 23.7 Å². The molecule has 0 aliphatic carbocycles. The van der Waals surface area contributed by atoms with Gasteiger partial charge in [-0.1, -0.05) is 27.7 Å². The monoisotopic (exact) mass is 1260 g/mol. The number of aliphatic carboxylic acids is 2. The molecule has 4 aromatic heterocycles. The number of ketones is 4. The Morgan fingerprint density at radius 1 is 0.337 bits per heavy atom. The van der Waals surface area contributed by atoms with Gasteiger partial charge < -0.3 is 57.6 Å². The molecule has 8 rings (SSSR count). The Bertz CT molecular complexity index is 3580. The molecule has 2 N–H and O–H groups in total. The van der Waals surface area contributed by atoms with E-state index < -0.39 is 47.5 Å². The molecule has 0 amide bonds. The zero-order valence-corrected chi connectivity index (χ0v) is 52.0. The Morgan fingerprint density at radius 3 is 0.756 bits per heavy atom. The predicted molar refractivity (Wildman–Crippen MR) is 327 cm³/mol. The van der Waals surface area contributed by atoms with Crippen LogP contribution >= 0.6 is 45.3 Å². The Hall–Kier alpha value is -8.32. The van der Waals surface area contributed by atoms with E-state index in [1.807, 2.05) is 24.3 Å². The molecule has 0 bridgehead atoms. The second-order valence-corrected chi connectivity index (χ2v) is 24.2. The minimum absolute atomic E-state index is 0.0597. The van der Waals surface area contributed by atoms with Crippen molar-refractivity contribution < 1.29 is 95.9 Å². The lowest BCUT2D eigenvalue weighted by Crippen LogP contribution is -2.16. The molecule has 0 aliphatic rings. The molecule has 4 aromatic carbocycles. The number of esters is 2. The van der Waals surface area contributed by atoms with Gasteiger partial charge in [-0.2, -0.15) is 0 Å². The van der Waals surface area contributed by atoms with E-state index in [1.165, 1.54) is 102 Å². The highest BCUT2D eigenvalue weighted by Gasteiger charge is 2.25. The van der Waals surface area contributed by atoms with Gasteiger partial charge in [0.25, 0.3) is 0 Å². The van der Waals surface area contributed by atoms with E-state index in [0.29, 0.717) is 65.5 Å². The Labute approximate surface area is 510 Å². The molecular formula is C62H64O20S4. The minimum Gasteiger partial charge on any atom is -0.493 e. The summed E-state index contributed by atoms with van der Waals surface area (Å²) in [6, 6.07) is 21.3. The third-order valence-electron chi connectivity index (χ3n) is 13.5. The molecule has 4 heterocycles. The quantitative estimate of drug-likeness (QED) is 0.0240. The van der Waals surface area contributed by atoms with Crippen molar-refractivity contribution in [3.05, 3.63) is 92.3 Å². The molecule has 8 aromatic rings. The van der Waals surface area contributed by atoms with Gasteiger partial charge in [-0.3, -0.25) is 38.4 Å². The van der Waals surface area contributed by atoms with Crippen LogP contribution in [0.15, 0.2) is 72.8 Å². The number of ether oxygens (including phenoxy) is 10. The first-order valence-electron chi connectivity index (χ1n) is 26.8. The summed E-state index contributed by atoms with van der Waals surface area (Å²) in [4.78, 5) is 98.4. The highest BCUT2D eigenvalue weighted by molar-refractivity contribution is 7.22. The second-order valence-electron chi connectivity index (χ2n) is 19.8. The van der Waals surface area contributed by atoms with Crippen LogP contribution in [0.1, 0.15) is 92.1 Å². The summed E-state index contributed by atoms with van der Waals surface area (Å²) in [7, 11) is 8.72. The van der Waals surface area contributed by atoms with Crippen molar-refractivity contribution in [2.75, 3.05) is 69.1 Å². The molecule has 0 fully saturated rings.